The van der Waals surface area contributed by atoms with E-state index in [-0.39, 0.29) is 0 Å². The molecule has 0 nitrogen and oxygen atoms in total. The molecule has 0 fully saturated rings. The minimum Gasteiger partial charge on any atom is -0.0973 e. The largest absolute Gasteiger partial charge is 0.0973 e. The molecule has 0 N–H and O–H groups in total. The molecule has 15 heavy (non-hydrogen) atoms. The zero-order valence-corrected chi connectivity index (χ0v) is 12.3. The summed E-state index contributed by atoms with van der Waals surface area (Å²) in [5, 5.41) is 0. The number of aryl methyl sites for hydroxylation is 3. The van der Waals surface area contributed by atoms with Crippen LogP contribution in [0.4, 0.5) is 0 Å². The Labute approximate surface area is 103 Å². The molecule has 0 aliphatic carbocycles. The second kappa shape index (κ2) is 8.12. The quantitative estimate of drug-likeness (QED) is 0.672. The van der Waals surface area contributed by atoms with E-state index in [1.807, 2.05) is 35.4 Å². The van der Waals surface area contributed by atoms with Crippen molar-refractivity contribution >= 4 is 21.6 Å². The van der Waals surface area contributed by atoms with Gasteiger partial charge in [0.05, 0.1) is 0 Å². The van der Waals surface area contributed by atoms with Crippen LogP contribution in [0.15, 0.2) is 12.1 Å². The van der Waals surface area contributed by atoms with Crippen LogP contribution in [0.3, 0.4) is 0 Å². The average molecular weight is 242 g/mol. The fourth-order valence-corrected chi connectivity index (χ4v) is 2.95. The molecule has 0 aromatic heterocycles. The summed E-state index contributed by atoms with van der Waals surface area (Å²) in [5.41, 5.74) is 5.73. The summed E-state index contributed by atoms with van der Waals surface area (Å²) in [6.07, 6.45) is 2.13. The van der Waals surface area contributed by atoms with Crippen molar-refractivity contribution in [1.82, 2.24) is 0 Å². The van der Waals surface area contributed by atoms with E-state index in [1.165, 1.54) is 22.3 Å². The van der Waals surface area contributed by atoms with Crippen molar-refractivity contribution in [3.05, 3.63) is 34.4 Å². The minimum atomic E-state index is 1.12. The molecule has 0 radical (unpaired) electrons. The Morgan fingerprint density at radius 2 is 1.47 bits per heavy atom. The summed E-state index contributed by atoms with van der Waals surface area (Å²) < 4.78 is 0. The van der Waals surface area contributed by atoms with Crippen LogP contribution in [0, 0.1) is 20.8 Å². The number of hydrogen-bond acceptors (Lipinski definition) is 2. The zero-order valence-electron chi connectivity index (χ0n) is 10.7. The Kier molecular flexibility index (Phi) is 8.07. The first kappa shape index (κ1) is 14.9. The van der Waals surface area contributed by atoms with Crippen LogP contribution in [0.25, 0.3) is 0 Å². The van der Waals surface area contributed by atoms with E-state index in [9.17, 15) is 0 Å². The topological polar surface area (TPSA) is 0 Å². The fourth-order valence-electron chi connectivity index (χ4n) is 1.56. The van der Waals surface area contributed by atoms with Crippen molar-refractivity contribution in [2.45, 2.75) is 40.4 Å². The van der Waals surface area contributed by atoms with Gasteiger partial charge in [0, 0.05) is 5.75 Å². The van der Waals surface area contributed by atoms with Crippen LogP contribution in [0.5, 0.6) is 0 Å². The highest BCUT2D eigenvalue weighted by atomic mass is 33.1. The van der Waals surface area contributed by atoms with Gasteiger partial charge in [0.15, 0.2) is 0 Å². The predicted octanol–water partition coefficient (Wildman–Crippen LogP) is 5.15. The minimum absolute atomic E-state index is 1.12. The Bertz CT molecular complexity index is 270. The maximum absolute atomic E-state index is 2.27. The van der Waals surface area contributed by atoms with Crippen LogP contribution in [0.1, 0.15) is 36.1 Å². The van der Waals surface area contributed by atoms with E-state index in [4.69, 9.17) is 0 Å². The van der Waals surface area contributed by atoms with Crippen LogP contribution >= 0.6 is 21.6 Å². The molecule has 0 heterocycles. The van der Waals surface area contributed by atoms with Gasteiger partial charge in [-0.15, -0.1) is 0 Å². The number of benzene rings is 1. The van der Waals surface area contributed by atoms with E-state index < -0.39 is 0 Å². The smallest absolute Gasteiger partial charge is 0.0293 e. The van der Waals surface area contributed by atoms with Crippen molar-refractivity contribution in [2.75, 3.05) is 6.26 Å². The van der Waals surface area contributed by atoms with Crippen LogP contribution in [0.2, 0.25) is 0 Å². The third-order valence-electron chi connectivity index (χ3n) is 2.16. The fraction of sp³-hybridized carbons (Fsp3) is 0.538. The van der Waals surface area contributed by atoms with E-state index in [0.29, 0.717) is 0 Å². The molecule has 0 spiro atoms. The summed E-state index contributed by atoms with van der Waals surface area (Å²) >= 11 is 0. The van der Waals surface area contributed by atoms with Gasteiger partial charge in [0.1, 0.15) is 0 Å². The molecule has 1 aromatic carbocycles. The third kappa shape index (κ3) is 4.98. The van der Waals surface area contributed by atoms with Gasteiger partial charge in [-0.3, -0.25) is 0 Å². The van der Waals surface area contributed by atoms with E-state index in [1.54, 1.807) is 0 Å². The zero-order chi connectivity index (χ0) is 11.8. The Balaban J connectivity index is 0.000000921. The van der Waals surface area contributed by atoms with Gasteiger partial charge in [-0.05, 0) is 43.7 Å². The van der Waals surface area contributed by atoms with Gasteiger partial charge in [-0.2, -0.15) is 0 Å². The van der Waals surface area contributed by atoms with Crippen molar-refractivity contribution in [1.29, 1.82) is 0 Å². The second-order valence-corrected chi connectivity index (χ2v) is 5.87. The Morgan fingerprint density at radius 1 is 1.00 bits per heavy atom. The van der Waals surface area contributed by atoms with Gasteiger partial charge < -0.3 is 0 Å². The van der Waals surface area contributed by atoms with Gasteiger partial charge in [0.25, 0.3) is 0 Å². The van der Waals surface area contributed by atoms with Crippen molar-refractivity contribution in [3.63, 3.8) is 0 Å². The van der Waals surface area contributed by atoms with Crippen LogP contribution < -0.4 is 0 Å². The molecule has 0 bridgehead atoms. The number of rotatable bonds is 3. The lowest BCUT2D eigenvalue weighted by Crippen LogP contribution is -1.92. The summed E-state index contributed by atoms with van der Waals surface area (Å²) in [7, 11) is 3.75. The molecule has 0 atom stereocenters. The van der Waals surface area contributed by atoms with Gasteiger partial charge in [-0.25, -0.2) is 0 Å². The predicted molar refractivity (Wildman–Crippen MR) is 76.8 cm³/mol. The van der Waals surface area contributed by atoms with Crippen LogP contribution in [-0.2, 0) is 5.75 Å². The molecule has 0 amide bonds. The maximum Gasteiger partial charge on any atom is 0.0293 e. The van der Waals surface area contributed by atoms with Gasteiger partial charge in [0.2, 0.25) is 0 Å². The number of hydrogen-bond donors (Lipinski definition) is 0. The first-order chi connectivity index (χ1) is 7.15. The monoisotopic (exact) mass is 242 g/mol. The normalized spacial score (nSPS) is 9.47. The molecule has 1 aromatic rings. The second-order valence-electron chi connectivity index (χ2n) is 3.31. The Morgan fingerprint density at radius 3 is 1.87 bits per heavy atom. The maximum atomic E-state index is 2.27. The van der Waals surface area contributed by atoms with Crippen LogP contribution in [-0.4, -0.2) is 6.26 Å². The Hall–Kier alpha value is -0.0800. The van der Waals surface area contributed by atoms with Crippen molar-refractivity contribution < 1.29 is 0 Å². The molecule has 0 saturated carbocycles. The summed E-state index contributed by atoms with van der Waals surface area (Å²) in [5.74, 6) is 1.12. The molecular formula is C13H22S2. The molecule has 0 aliphatic heterocycles. The van der Waals surface area contributed by atoms with Crippen molar-refractivity contribution in [3.8, 4) is 0 Å². The SMILES string of the molecule is CC.CSSCc1c(C)cc(C)cc1C. The first-order valence-electron chi connectivity index (χ1n) is 5.37. The highest BCUT2D eigenvalue weighted by molar-refractivity contribution is 8.76. The van der Waals surface area contributed by atoms with Gasteiger partial charge >= 0.3 is 0 Å². The summed E-state index contributed by atoms with van der Waals surface area (Å²) in [6.45, 7) is 10.6. The molecule has 1 rings (SSSR count). The summed E-state index contributed by atoms with van der Waals surface area (Å²) in [6, 6.07) is 4.53. The van der Waals surface area contributed by atoms with Crippen molar-refractivity contribution in [2.24, 2.45) is 0 Å². The van der Waals surface area contributed by atoms with E-state index in [2.05, 4.69) is 39.2 Å². The summed E-state index contributed by atoms with van der Waals surface area (Å²) in [4.78, 5) is 0. The van der Waals surface area contributed by atoms with E-state index >= 15 is 0 Å². The standard InChI is InChI=1S/C11H16S2.C2H6/c1-8-5-9(2)11(7-13-12-4)10(3)6-8;1-2/h5-6H,7H2,1-4H3;1-2H3. The lowest BCUT2D eigenvalue weighted by molar-refractivity contribution is 1.22. The highest BCUT2D eigenvalue weighted by Crippen LogP contribution is 2.27. The highest BCUT2D eigenvalue weighted by Gasteiger charge is 2.02. The molecule has 86 valence electrons. The molecule has 0 unspecified atom stereocenters. The van der Waals surface area contributed by atoms with Gasteiger partial charge in [-0.1, -0.05) is 53.1 Å². The third-order valence-corrected chi connectivity index (χ3v) is 3.86. The molecular weight excluding hydrogens is 220 g/mol. The van der Waals surface area contributed by atoms with E-state index in [0.717, 1.165) is 5.75 Å². The lowest BCUT2D eigenvalue weighted by Gasteiger charge is -2.09. The lowest BCUT2D eigenvalue weighted by atomic mass is 10.0. The first-order valence-corrected chi connectivity index (χ1v) is 8.10. The molecule has 0 aliphatic rings. The molecule has 0 saturated heterocycles. The molecule has 2 heteroatoms. The average Bonchev–Trinajstić information content (AvgIpc) is 2.19.